The third-order valence-corrected chi connectivity index (χ3v) is 3.42. The van der Waals surface area contributed by atoms with Crippen molar-refractivity contribution in [3.63, 3.8) is 0 Å². The summed E-state index contributed by atoms with van der Waals surface area (Å²) in [5.74, 6) is 1.74. The van der Waals surface area contributed by atoms with Gasteiger partial charge < -0.3 is 14.6 Å². The van der Waals surface area contributed by atoms with Gasteiger partial charge in [-0.1, -0.05) is 6.07 Å². The van der Waals surface area contributed by atoms with Gasteiger partial charge in [-0.05, 0) is 30.0 Å². The molecule has 0 spiro atoms. The molecule has 0 saturated carbocycles. The predicted molar refractivity (Wildman–Crippen MR) is 83.6 cm³/mol. The third-order valence-electron chi connectivity index (χ3n) is 3.42. The Labute approximate surface area is 123 Å². The van der Waals surface area contributed by atoms with Gasteiger partial charge in [0.15, 0.2) is 0 Å². The molecule has 0 fully saturated rings. The van der Waals surface area contributed by atoms with E-state index in [2.05, 4.69) is 19.9 Å². The quantitative estimate of drug-likeness (QED) is 0.706. The minimum absolute atomic E-state index is 0.844. The number of hydrogen-bond donors (Lipinski definition) is 1. The zero-order chi connectivity index (χ0) is 14.5. The van der Waals surface area contributed by atoms with Crippen molar-refractivity contribution in [3.8, 4) is 5.75 Å². The van der Waals surface area contributed by atoms with E-state index in [0.29, 0.717) is 0 Å². The minimum Gasteiger partial charge on any atom is -0.497 e. The fraction of sp³-hybridized carbons (Fsp3) is 0.250. The number of ether oxygens (including phenoxy) is 1. The number of benzene rings is 1. The van der Waals surface area contributed by atoms with Crippen LogP contribution in [0.4, 0.5) is 5.82 Å². The first-order chi connectivity index (χ1) is 10.4. The number of anilines is 1. The first kappa shape index (κ1) is 13.4. The standard InChI is InChI=1S/C16H18N4O/c1-21-14-4-3-13-5-7-19-16(15(13)11-14)18-6-2-9-20-10-8-17-12-20/h3-5,7-8,10-12H,2,6,9H2,1H3,(H,18,19). The van der Waals surface area contributed by atoms with Crippen molar-refractivity contribution < 1.29 is 4.74 Å². The lowest BCUT2D eigenvalue weighted by molar-refractivity contribution is 0.415. The van der Waals surface area contributed by atoms with Crippen molar-refractivity contribution in [1.82, 2.24) is 14.5 Å². The van der Waals surface area contributed by atoms with Gasteiger partial charge in [0.05, 0.1) is 13.4 Å². The minimum atomic E-state index is 0.844. The number of fused-ring (bicyclic) bond motifs is 1. The van der Waals surface area contributed by atoms with Crippen LogP contribution in [0.5, 0.6) is 5.75 Å². The van der Waals surface area contributed by atoms with Crippen molar-refractivity contribution in [1.29, 1.82) is 0 Å². The Morgan fingerprint density at radius 2 is 2.19 bits per heavy atom. The van der Waals surface area contributed by atoms with Gasteiger partial charge >= 0.3 is 0 Å². The zero-order valence-electron chi connectivity index (χ0n) is 12.0. The highest BCUT2D eigenvalue weighted by atomic mass is 16.5. The maximum Gasteiger partial charge on any atom is 0.133 e. The van der Waals surface area contributed by atoms with Gasteiger partial charge in [0.2, 0.25) is 0 Å². The number of nitrogens with zero attached hydrogens (tertiary/aromatic N) is 3. The molecule has 5 heteroatoms. The number of imidazole rings is 1. The summed E-state index contributed by atoms with van der Waals surface area (Å²) in [5, 5.41) is 5.64. The molecule has 0 atom stereocenters. The van der Waals surface area contributed by atoms with Gasteiger partial charge in [0, 0.05) is 37.1 Å². The number of hydrogen-bond acceptors (Lipinski definition) is 4. The SMILES string of the molecule is COc1ccc2ccnc(NCCCn3ccnc3)c2c1. The molecule has 0 radical (unpaired) electrons. The van der Waals surface area contributed by atoms with Crippen LogP contribution in [-0.2, 0) is 6.54 Å². The van der Waals surface area contributed by atoms with E-state index in [1.54, 1.807) is 13.3 Å². The second-order valence-electron chi connectivity index (χ2n) is 4.83. The second kappa shape index (κ2) is 6.26. The van der Waals surface area contributed by atoms with E-state index in [1.165, 1.54) is 0 Å². The molecule has 108 valence electrons. The van der Waals surface area contributed by atoms with Crippen molar-refractivity contribution in [2.24, 2.45) is 0 Å². The maximum absolute atomic E-state index is 5.29. The highest BCUT2D eigenvalue weighted by molar-refractivity contribution is 5.92. The van der Waals surface area contributed by atoms with Crippen molar-refractivity contribution in [2.45, 2.75) is 13.0 Å². The summed E-state index contributed by atoms with van der Waals surface area (Å²) in [6.07, 6.45) is 8.44. The average molecular weight is 282 g/mol. The topological polar surface area (TPSA) is 52.0 Å². The summed E-state index contributed by atoms with van der Waals surface area (Å²) in [6, 6.07) is 8.03. The Kier molecular flexibility index (Phi) is 4.00. The van der Waals surface area contributed by atoms with Crippen LogP contribution in [0.1, 0.15) is 6.42 Å². The Bertz CT molecular complexity index is 709. The van der Waals surface area contributed by atoms with E-state index in [4.69, 9.17) is 4.74 Å². The van der Waals surface area contributed by atoms with Crippen LogP contribution in [0.2, 0.25) is 0 Å². The number of nitrogens with one attached hydrogen (secondary N) is 1. The molecular weight excluding hydrogens is 264 g/mol. The van der Waals surface area contributed by atoms with Crippen LogP contribution >= 0.6 is 0 Å². The molecule has 3 rings (SSSR count). The largest absolute Gasteiger partial charge is 0.497 e. The smallest absolute Gasteiger partial charge is 0.133 e. The zero-order valence-corrected chi connectivity index (χ0v) is 12.0. The summed E-state index contributed by atoms with van der Waals surface area (Å²) in [6.45, 7) is 1.81. The normalized spacial score (nSPS) is 10.7. The predicted octanol–water partition coefficient (Wildman–Crippen LogP) is 2.94. The molecular formula is C16H18N4O. The lowest BCUT2D eigenvalue weighted by atomic mass is 10.1. The van der Waals surface area contributed by atoms with Crippen molar-refractivity contribution in [2.75, 3.05) is 19.0 Å². The summed E-state index contributed by atoms with van der Waals surface area (Å²) in [7, 11) is 1.68. The van der Waals surface area contributed by atoms with E-state index < -0.39 is 0 Å². The third kappa shape index (κ3) is 3.13. The molecule has 1 aromatic carbocycles. The van der Waals surface area contributed by atoms with Gasteiger partial charge in [0.25, 0.3) is 0 Å². The number of pyridine rings is 1. The number of aryl methyl sites for hydroxylation is 1. The van der Waals surface area contributed by atoms with Crippen LogP contribution in [0.15, 0.2) is 49.2 Å². The van der Waals surface area contributed by atoms with E-state index in [9.17, 15) is 0 Å². The van der Waals surface area contributed by atoms with Crippen LogP contribution < -0.4 is 10.1 Å². The fourth-order valence-corrected chi connectivity index (χ4v) is 2.30. The molecule has 21 heavy (non-hydrogen) atoms. The average Bonchev–Trinajstić information content (AvgIpc) is 3.04. The first-order valence-corrected chi connectivity index (χ1v) is 6.99. The Balaban J connectivity index is 1.68. The van der Waals surface area contributed by atoms with Crippen molar-refractivity contribution >= 4 is 16.6 Å². The molecule has 1 N–H and O–H groups in total. The van der Waals surface area contributed by atoms with E-state index in [0.717, 1.165) is 41.9 Å². The summed E-state index contributed by atoms with van der Waals surface area (Å²) in [4.78, 5) is 8.47. The first-order valence-electron chi connectivity index (χ1n) is 6.99. The Hall–Kier alpha value is -2.56. The number of aromatic nitrogens is 3. The van der Waals surface area contributed by atoms with E-state index >= 15 is 0 Å². The summed E-state index contributed by atoms with van der Waals surface area (Å²) in [5.41, 5.74) is 0. The fourth-order valence-electron chi connectivity index (χ4n) is 2.30. The second-order valence-corrected chi connectivity index (χ2v) is 4.83. The Morgan fingerprint density at radius 3 is 3.00 bits per heavy atom. The molecule has 2 heterocycles. The van der Waals surface area contributed by atoms with Crippen molar-refractivity contribution in [3.05, 3.63) is 49.2 Å². The lowest BCUT2D eigenvalue weighted by Crippen LogP contribution is -2.07. The number of methoxy groups -OCH3 is 1. The molecule has 0 unspecified atom stereocenters. The maximum atomic E-state index is 5.29. The van der Waals surface area contributed by atoms with Crippen LogP contribution in [0.3, 0.4) is 0 Å². The Morgan fingerprint density at radius 1 is 1.24 bits per heavy atom. The lowest BCUT2D eigenvalue weighted by Gasteiger charge is -2.10. The summed E-state index contributed by atoms with van der Waals surface area (Å²) >= 11 is 0. The summed E-state index contributed by atoms with van der Waals surface area (Å²) < 4.78 is 7.36. The van der Waals surface area contributed by atoms with Gasteiger partial charge in [-0.2, -0.15) is 0 Å². The molecule has 0 bridgehead atoms. The highest BCUT2D eigenvalue weighted by Crippen LogP contribution is 2.25. The molecule has 0 aliphatic carbocycles. The van der Waals surface area contributed by atoms with Gasteiger partial charge in [-0.25, -0.2) is 9.97 Å². The molecule has 5 nitrogen and oxygen atoms in total. The van der Waals surface area contributed by atoms with Crippen LogP contribution in [0.25, 0.3) is 10.8 Å². The van der Waals surface area contributed by atoms with Gasteiger partial charge in [-0.3, -0.25) is 0 Å². The number of rotatable bonds is 6. The van der Waals surface area contributed by atoms with Crippen LogP contribution in [-0.4, -0.2) is 28.2 Å². The molecule has 0 saturated heterocycles. The molecule has 2 aromatic heterocycles. The highest BCUT2D eigenvalue weighted by Gasteiger charge is 2.03. The molecule has 0 amide bonds. The van der Waals surface area contributed by atoms with Crippen LogP contribution in [0, 0.1) is 0 Å². The van der Waals surface area contributed by atoms with Gasteiger partial charge in [-0.15, -0.1) is 0 Å². The van der Waals surface area contributed by atoms with E-state index in [-0.39, 0.29) is 0 Å². The van der Waals surface area contributed by atoms with E-state index in [1.807, 2.05) is 43.0 Å². The van der Waals surface area contributed by atoms with Gasteiger partial charge in [0.1, 0.15) is 11.6 Å². The monoisotopic (exact) mass is 282 g/mol. The molecule has 0 aliphatic rings. The molecule has 3 aromatic rings. The molecule has 0 aliphatic heterocycles.